The molecule has 0 unspecified atom stereocenters. The molecule has 0 fully saturated rings. The molecule has 1 aliphatic rings. The zero-order chi connectivity index (χ0) is 14.7. The van der Waals surface area contributed by atoms with E-state index in [1.165, 1.54) is 17.7 Å². The summed E-state index contributed by atoms with van der Waals surface area (Å²) in [5.74, 6) is 0.610. The molecule has 0 spiro atoms. The van der Waals surface area contributed by atoms with Gasteiger partial charge in [0.15, 0.2) is 0 Å². The Morgan fingerprint density at radius 2 is 2.24 bits per heavy atom. The Kier molecular flexibility index (Phi) is 3.68. The number of hydrogen-bond acceptors (Lipinski definition) is 4. The number of benzene rings is 1. The first-order chi connectivity index (χ1) is 10.2. The topological polar surface area (TPSA) is 84.1 Å². The largest absolute Gasteiger partial charge is 0.493 e. The minimum absolute atomic E-state index is 0.191. The summed E-state index contributed by atoms with van der Waals surface area (Å²) in [6.45, 7) is 1.17. The van der Waals surface area contributed by atoms with Crippen LogP contribution in [0, 0.1) is 0 Å². The van der Waals surface area contributed by atoms with Gasteiger partial charge in [-0.15, -0.1) is 0 Å². The Balaban J connectivity index is 1.66. The summed E-state index contributed by atoms with van der Waals surface area (Å²) in [6.07, 6.45) is 2.02. The smallest absolute Gasteiger partial charge is 0.271 e. The lowest BCUT2D eigenvalue weighted by Crippen LogP contribution is -2.25. The van der Waals surface area contributed by atoms with Gasteiger partial charge in [0.1, 0.15) is 11.4 Å². The van der Waals surface area contributed by atoms with E-state index in [9.17, 15) is 9.59 Å². The maximum Gasteiger partial charge on any atom is 0.271 e. The van der Waals surface area contributed by atoms with Gasteiger partial charge in [-0.3, -0.25) is 9.59 Å². The third-order valence-electron chi connectivity index (χ3n) is 3.34. The lowest BCUT2D eigenvalue weighted by molar-refractivity contribution is 0.0945. The van der Waals surface area contributed by atoms with Crippen LogP contribution in [-0.2, 0) is 13.0 Å². The molecule has 1 aliphatic heterocycles. The molecule has 21 heavy (non-hydrogen) atoms. The minimum atomic E-state index is -0.332. The molecule has 1 amide bonds. The number of carbonyl (C=O) groups is 1. The summed E-state index contributed by atoms with van der Waals surface area (Å²) < 4.78 is 5.55. The van der Waals surface area contributed by atoms with E-state index in [0.29, 0.717) is 6.54 Å². The Morgan fingerprint density at radius 1 is 1.33 bits per heavy atom. The van der Waals surface area contributed by atoms with E-state index in [0.717, 1.165) is 30.8 Å². The fourth-order valence-corrected chi connectivity index (χ4v) is 2.27. The van der Waals surface area contributed by atoms with Gasteiger partial charge in [0.05, 0.1) is 6.61 Å². The van der Waals surface area contributed by atoms with Crippen molar-refractivity contribution in [3.63, 3.8) is 0 Å². The normalized spacial score (nSPS) is 13.1. The average molecular weight is 285 g/mol. The molecule has 6 heteroatoms. The Bertz CT molecular complexity index is 704. The highest BCUT2D eigenvalue weighted by molar-refractivity contribution is 5.91. The maximum atomic E-state index is 11.9. The van der Waals surface area contributed by atoms with Crippen molar-refractivity contribution in [1.82, 2.24) is 15.5 Å². The van der Waals surface area contributed by atoms with Crippen molar-refractivity contribution >= 4 is 5.91 Å². The number of H-pyrrole nitrogens is 1. The minimum Gasteiger partial charge on any atom is -0.493 e. The molecule has 0 saturated carbocycles. The lowest BCUT2D eigenvalue weighted by atomic mass is 10.0. The Hall–Kier alpha value is -2.63. The number of nitrogens with zero attached hydrogens (tertiary/aromatic N) is 1. The van der Waals surface area contributed by atoms with Crippen LogP contribution in [0.3, 0.4) is 0 Å². The summed E-state index contributed by atoms with van der Waals surface area (Å²) in [5.41, 5.74) is 2.05. The van der Waals surface area contributed by atoms with Crippen molar-refractivity contribution in [1.29, 1.82) is 0 Å². The molecule has 0 aliphatic carbocycles. The van der Waals surface area contributed by atoms with Crippen LogP contribution in [-0.4, -0.2) is 22.7 Å². The number of rotatable bonds is 3. The van der Waals surface area contributed by atoms with Crippen molar-refractivity contribution < 1.29 is 9.53 Å². The van der Waals surface area contributed by atoms with Gasteiger partial charge >= 0.3 is 0 Å². The number of hydrogen-bond donors (Lipinski definition) is 2. The van der Waals surface area contributed by atoms with E-state index >= 15 is 0 Å². The monoisotopic (exact) mass is 285 g/mol. The van der Waals surface area contributed by atoms with E-state index in [-0.39, 0.29) is 17.2 Å². The molecular weight excluding hydrogens is 270 g/mol. The Labute approximate surface area is 121 Å². The van der Waals surface area contributed by atoms with Gasteiger partial charge in [0.2, 0.25) is 0 Å². The van der Waals surface area contributed by atoms with Crippen molar-refractivity contribution in [2.24, 2.45) is 0 Å². The first kappa shape index (κ1) is 13.4. The van der Waals surface area contributed by atoms with Crippen molar-refractivity contribution in [3.8, 4) is 5.75 Å². The predicted molar refractivity (Wildman–Crippen MR) is 76.3 cm³/mol. The van der Waals surface area contributed by atoms with Crippen molar-refractivity contribution in [2.45, 2.75) is 19.4 Å². The molecule has 0 saturated heterocycles. The van der Waals surface area contributed by atoms with Crippen LogP contribution < -0.4 is 15.6 Å². The number of carbonyl (C=O) groups excluding carboxylic acids is 1. The summed E-state index contributed by atoms with van der Waals surface area (Å²) in [7, 11) is 0. The molecule has 3 rings (SSSR count). The van der Waals surface area contributed by atoms with Gasteiger partial charge < -0.3 is 10.1 Å². The van der Waals surface area contributed by atoms with Gasteiger partial charge in [-0.2, -0.15) is 5.10 Å². The number of aryl methyl sites for hydroxylation is 1. The molecule has 0 atom stereocenters. The van der Waals surface area contributed by atoms with Crippen molar-refractivity contribution in [3.05, 3.63) is 57.5 Å². The number of aromatic nitrogens is 2. The molecule has 0 radical (unpaired) electrons. The van der Waals surface area contributed by atoms with E-state index in [1.54, 1.807) is 0 Å². The van der Waals surface area contributed by atoms with Crippen LogP contribution in [0.15, 0.2) is 35.1 Å². The van der Waals surface area contributed by atoms with Crippen LogP contribution >= 0.6 is 0 Å². The molecule has 1 aromatic heterocycles. The molecule has 6 nitrogen and oxygen atoms in total. The standard InChI is InChI=1S/C15H15N3O3/c19-14-6-4-12(17-18-14)15(20)16-9-10-3-5-13-11(8-10)2-1-7-21-13/h3-6,8H,1-2,7,9H2,(H,16,20)(H,18,19). The van der Waals surface area contributed by atoms with Gasteiger partial charge in [-0.05, 0) is 36.1 Å². The predicted octanol–water partition coefficient (Wildman–Crippen LogP) is 1.02. The fourth-order valence-electron chi connectivity index (χ4n) is 2.27. The SMILES string of the molecule is O=C(NCc1ccc2c(c1)CCCO2)c1ccc(=O)[nH]n1. The van der Waals surface area contributed by atoms with Crippen LogP contribution in [0.4, 0.5) is 0 Å². The second-order valence-corrected chi connectivity index (χ2v) is 4.88. The summed E-state index contributed by atoms with van der Waals surface area (Å²) in [6, 6.07) is 8.60. The van der Waals surface area contributed by atoms with E-state index in [2.05, 4.69) is 21.6 Å². The highest BCUT2D eigenvalue weighted by Crippen LogP contribution is 2.25. The second-order valence-electron chi connectivity index (χ2n) is 4.88. The van der Waals surface area contributed by atoms with Crippen molar-refractivity contribution in [2.75, 3.05) is 6.61 Å². The quantitative estimate of drug-likeness (QED) is 0.882. The zero-order valence-electron chi connectivity index (χ0n) is 11.4. The molecule has 2 N–H and O–H groups in total. The summed E-state index contributed by atoms with van der Waals surface area (Å²) >= 11 is 0. The van der Waals surface area contributed by atoms with Crippen LogP contribution in [0.2, 0.25) is 0 Å². The summed E-state index contributed by atoms with van der Waals surface area (Å²) in [5, 5.41) is 8.71. The van der Waals surface area contributed by atoms with Gasteiger partial charge in [0, 0.05) is 12.6 Å². The third kappa shape index (κ3) is 3.10. The average Bonchev–Trinajstić information content (AvgIpc) is 2.53. The second kappa shape index (κ2) is 5.78. The fraction of sp³-hybridized carbons (Fsp3) is 0.267. The number of ether oxygens (including phenoxy) is 1. The number of nitrogens with one attached hydrogen (secondary N) is 2. The van der Waals surface area contributed by atoms with Crippen LogP contribution in [0.25, 0.3) is 0 Å². The van der Waals surface area contributed by atoms with E-state index in [1.807, 2.05) is 12.1 Å². The van der Waals surface area contributed by atoms with E-state index < -0.39 is 0 Å². The molecule has 1 aromatic carbocycles. The van der Waals surface area contributed by atoms with Gasteiger partial charge in [-0.1, -0.05) is 12.1 Å². The third-order valence-corrected chi connectivity index (χ3v) is 3.34. The molecule has 2 aromatic rings. The first-order valence-corrected chi connectivity index (χ1v) is 6.81. The van der Waals surface area contributed by atoms with E-state index in [4.69, 9.17) is 4.74 Å². The molecular formula is C15H15N3O3. The molecule has 108 valence electrons. The number of fused-ring (bicyclic) bond motifs is 1. The number of aromatic amines is 1. The first-order valence-electron chi connectivity index (χ1n) is 6.81. The molecule has 2 heterocycles. The van der Waals surface area contributed by atoms with Crippen LogP contribution in [0.5, 0.6) is 5.75 Å². The van der Waals surface area contributed by atoms with Crippen LogP contribution in [0.1, 0.15) is 28.0 Å². The summed E-state index contributed by atoms with van der Waals surface area (Å²) in [4.78, 5) is 22.8. The zero-order valence-corrected chi connectivity index (χ0v) is 11.4. The highest BCUT2D eigenvalue weighted by Gasteiger charge is 2.11. The Morgan fingerprint density at radius 3 is 3.05 bits per heavy atom. The van der Waals surface area contributed by atoms with Gasteiger partial charge in [-0.25, -0.2) is 5.10 Å². The molecule has 0 bridgehead atoms. The highest BCUT2D eigenvalue weighted by atomic mass is 16.5. The lowest BCUT2D eigenvalue weighted by Gasteiger charge is -2.18. The number of amides is 1. The maximum absolute atomic E-state index is 11.9. The van der Waals surface area contributed by atoms with Gasteiger partial charge in [0.25, 0.3) is 11.5 Å².